The third-order valence-electron chi connectivity index (χ3n) is 0.570. The highest BCUT2D eigenvalue weighted by Crippen LogP contribution is 1.91. The summed E-state index contributed by atoms with van der Waals surface area (Å²) in [4.78, 5) is 10.3. The van der Waals surface area contributed by atoms with Gasteiger partial charge in [0.2, 0.25) is 0 Å². The number of carbonyl (C=O) groups excluding carboxylic acids is 1. The first-order chi connectivity index (χ1) is 4.04. The summed E-state index contributed by atoms with van der Waals surface area (Å²) in [5, 5.41) is 10.1. The Bertz CT molecular complexity index is 126. The molecule has 0 aromatic heterocycles. The number of hydrogen-bond donors (Lipinski definition) is 0. The van der Waals surface area contributed by atoms with Gasteiger partial charge < -0.3 is 9.84 Å². The standard InChI is InChI=1S/C6H10O3/c1-4(2)9-6(8)5(3)7/h4,7H,3H2,1-2H3/p-1. The maximum atomic E-state index is 10.3. The van der Waals surface area contributed by atoms with Crippen LogP contribution in [0, 0.1) is 0 Å². The van der Waals surface area contributed by atoms with Gasteiger partial charge in [-0.3, -0.25) is 0 Å². The molecule has 0 unspecified atom stereocenters. The van der Waals surface area contributed by atoms with Gasteiger partial charge in [0.1, 0.15) is 0 Å². The summed E-state index contributed by atoms with van der Waals surface area (Å²) in [5.41, 5.74) is 0. The topological polar surface area (TPSA) is 49.4 Å². The van der Waals surface area contributed by atoms with Gasteiger partial charge in [0.05, 0.1) is 6.10 Å². The van der Waals surface area contributed by atoms with Crippen molar-refractivity contribution in [3.8, 4) is 0 Å². The van der Waals surface area contributed by atoms with Gasteiger partial charge in [-0.15, -0.1) is 0 Å². The number of hydrogen-bond acceptors (Lipinski definition) is 3. The summed E-state index contributed by atoms with van der Waals surface area (Å²) in [5.74, 6) is -1.67. The van der Waals surface area contributed by atoms with Crippen LogP contribution in [0.1, 0.15) is 13.8 Å². The van der Waals surface area contributed by atoms with Crippen LogP contribution < -0.4 is 5.11 Å². The molecule has 0 amide bonds. The average Bonchev–Trinajstić information content (AvgIpc) is 1.63. The van der Waals surface area contributed by atoms with Gasteiger partial charge in [-0.05, 0) is 19.6 Å². The summed E-state index contributed by atoms with van der Waals surface area (Å²) >= 11 is 0. The third-order valence-corrected chi connectivity index (χ3v) is 0.570. The molecule has 3 nitrogen and oxygen atoms in total. The molecule has 0 rings (SSSR count). The van der Waals surface area contributed by atoms with Crippen molar-refractivity contribution in [3.05, 3.63) is 12.3 Å². The first-order valence-electron chi connectivity index (χ1n) is 2.61. The number of esters is 1. The van der Waals surface area contributed by atoms with E-state index in [2.05, 4.69) is 11.3 Å². The van der Waals surface area contributed by atoms with E-state index in [1.54, 1.807) is 13.8 Å². The highest BCUT2D eigenvalue weighted by Gasteiger charge is 1.99. The van der Waals surface area contributed by atoms with E-state index in [1.807, 2.05) is 0 Å². The fraction of sp³-hybridized carbons (Fsp3) is 0.500. The Morgan fingerprint density at radius 1 is 1.67 bits per heavy atom. The zero-order valence-corrected chi connectivity index (χ0v) is 5.51. The zero-order chi connectivity index (χ0) is 7.44. The molecule has 0 fully saturated rings. The minimum atomic E-state index is -0.870. The normalized spacial score (nSPS) is 9.22. The van der Waals surface area contributed by atoms with Crippen LogP contribution in [0.4, 0.5) is 0 Å². The molecule has 0 radical (unpaired) electrons. The lowest BCUT2D eigenvalue weighted by molar-refractivity contribution is -0.303. The molecule has 9 heavy (non-hydrogen) atoms. The van der Waals surface area contributed by atoms with Crippen LogP contribution in [0.25, 0.3) is 0 Å². The van der Waals surface area contributed by atoms with E-state index < -0.39 is 11.7 Å². The predicted molar refractivity (Wildman–Crippen MR) is 30.4 cm³/mol. The smallest absolute Gasteiger partial charge is 0.322 e. The second-order valence-corrected chi connectivity index (χ2v) is 1.88. The van der Waals surface area contributed by atoms with Gasteiger partial charge in [-0.25, -0.2) is 4.79 Å². The summed E-state index contributed by atoms with van der Waals surface area (Å²) in [6, 6.07) is 0. The van der Waals surface area contributed by atoms with E-state index in [-0.39, 0.29) is 6.10 Å². The second kappa shape index (κ2) is 3.12. The van der Waals surface area contributed by atoms with Crippen LogP contribution in [0.2, 0.25) is 0 Å². The fourth-order valence-electron chi connectivity index (χ4n) is 0.280. The van der Waals surface area contributed by atoms with Crippen molar-refractivity contribution in [2.24, 2.45) is 0 Å². The molecule has 0 aliphatic carbocycles. The second-order valence-electron chi connectivity index (χ2n) is 1.88. The Kier molecular flexibility index (Phi) is 2.78. The van der Waals surface area contributed by atoms with Crippen molar-refractivity contribution in [2.45, 2.75) is 20.0 Å². The molecule has 52 valence electrons. The predicted octanol–water partition coefficient (Wildman–Crippen LogP) is -0.188. The van der Waals surface area contributed by atoms with E-state index >= 15 is 0 Å². The van der Waals surface area contributed by atoms with E-state index in [9.17, 15) is 9.90 Å². The van der Waals surface area contributed by atoms with Gasteiger partial charge in [0, 0.05) is 0 Å². The van der Waals surface area contributed by atoms with Gasteiger partial charge in [-0.1, -0.05) is 6.58 Å². The highest BCUT2D eigenvalue weighted by molar-refractivity contribution is 5.84. The van der Waals surface area contributed by atoms with E-state index in [1.165, 1.54) is 0 Å². The summed E-state index contributed by atoms with van der Waals surface area (Å²) in [6.45, 7) is 6.21. The SMILES string of the molecule is C=C([O-])C(=O)OC(C)C. The molecule has 0 aliphatic heterocycles. The molecule has 0 N–H and O–H groups in total. The molecule has 0 atom stereocenters. The molecular weight excluding hydrogens is 120 g/mol. The van der Waals surface area contributed by atoms with Gasteiger partial charge in [0.15, 0.2) is 0 Å². The quantitative estimate of drug-likeness (QED) is 0.295. The van der Waals surface area contributed by atoms with Crippen LogP contribution in [-0.4, -0.2) is 12.1 Å². The monoisotopic (exact) mass is 129 g/mol. The minimum absolute atomic E-state index is 0.247. The maximum absolute atomic E-state index is 10.3. The molecule has 0 heterocycles. The molecule has 3 heteroatoms. The summed E-state index contributed by atoms with van der Waals surface area (Å²) in [7, 11) is 0. The molecule has 0 saturated heterocycles. The Labute approximate surface area is 53.9 Å². The molecule has 0 spiro atoms. The lowest BCUT2D eigenvalue weighted by Gasteiger charge is -2.11. The highest BCUT2D eigenvalue weighted by atomic mass is 16.6. The first-order valence-corrected chi connectivity index (χ1v) is 2.61. The zero-order valence-electron chi connectivity index (χ0n) is 5.51. The van der Waals surface area contributed by atoms with Gasteiger partial charge in [-0.2, -0.15) is 0 Å². The van der Waals surface area contributed by atoms with Crippen LogP contribution in [0.15, 0.2) is 12.3 Å². The third kappa shape index (κ3) is 3.58. The summed E-state index contributed by atoms with van der Waals surface area (Å²) < 4.78 is 4.46. The fourth-order valence-corrected chi connectivity index (χ4v) is 0.280. The molecule has 0 saturated carbocycles. The Hall–Kier alpha value is -0.990. The molecule has 0 bridgehead atoms. The Balaban J connectivity index is 3.65. The Morgan fingerprint density at radius 2 is 2.11 bits per heavy atom. The van der Waals surface area contributed by atoms with Crippen LogP contribution >= 0.6 is 0 Å². The lowest BCUT2D eigenvalue weighted by Crippen LogP contribution is -2.20. The van der Waals surface area contributed by atoms with Crippen LogP contribution in [0.5, 0.6) is 0 Å². The Morgan fingerprint density at radius 3 is 2.22 bits per heavy atom. The largest absolute Gasteiger partial charge is 0.868 e. The molecular formula is C6H9O3-. The van der Waals surface area contributed by atoms with E-state index in [0.29, 0.717) is 0 Å². The van der Waals surface area contributed by atoms with E-state index in [0.717, 1.165) is 0 Å². The maximum Gasteiger partial charge on any atom is 0.322 e. The van der Waals surface area contributed by atoms with Gasteiger partial charge in [0.25, 0.3) is 0 Å². The van der Waals surface area contributed by atoms with Gasteiger partial charge >= 0.3 is 5.97 Å². The van der Waals surface area contributed by atoms with Crippen molar-refractivity contribution < 1.29 is 14.6 Å². The molecule has 0 aromatic rings. The first kappa shape index (κ1) is 8.01. The number of rotatable bonds is 2. The molecule has 0 aliphatic rings. The van der Waals surface area contributed by atoms with Crippen molar-refractivity contribution in [1.82, 2.24) is 0 Å². The van der Waals surface area contributed by atoms with Crippen molar-refractivity contribution in [3.63, 3.8) is 0 Å². The minimum Gasteiger partial charge on any atom is -0.868 e. The van der Waals surface area contributed by atoms with Crippen molar-refractivity contribution in [2.75, 3.05) is 0 Å². The van der Waals surface area contributed by atoms with Crippen LogP contribution in [-0.2, 0) is 9.53 Å². The average molecular weight is 129 g/mol. The summed E-state index contributed by atoms with van der Waals surface area (Å²) in [6.07, 6.45) is -0.247. The van der Waals surface area contributed by atoms with Crippen molar-refractivity contribution in [1.29, 1.82) is 0 Å². The number of ether oxygens (including phenoxy) is 1. The van der Waals surface area contributed by atoms with E-state index in [4.69, 9.17) is 0 Å². The number of carbonyl (C=O) groups is 1. The van der Waals surface area contributed by atoms with Crippen LogP contribution in [0.3, 0.4) is 0 Å². The molecule has 0 aromatic carbocycles. The lowest BCUT2D eigenvalue weighted by atomic mass is 10.5. The van der Waals surface area contributed by atoms with Crippen molar-refractivity contribution >= 4 is 5.97 Å².